The minimum Gasteiger partial charge on any atom is -0.386 e. The lowest BCUT2D eigenvalue weighted by Gasteiger charge is -2.18. The van der Waals surface area contributed by atoms with Gasteiger partial charge in [0.15, 0.2) is 23.1 Å². The van der Waals surface area contributed by atoms with Gasteiger partial charge in [0.2, 0.25) is 0 Å². The van der Waals surface area contributed by atoms with Crippen molar-refractivity contribution in [3.05, 3.63) is 71.1 Å². The number of aromatic nitrogens is 4. The normalized spacial score (nSPS) is 11.9. The fourth-order valence-electron chi connectivity index (χ4n) is 2.99. The molecule has 4 rings (SSSR count). The van der Waals surface area contributed by atoms with Crippen LogP contribution < -0.4 is 0 Å². The van der Waals surface area contributed by atoms with E-state index < -0.39 is 17.2 Å². The quantitative estimate of drug-likeness (QED) is 0.545. The number of halogens is 3. The van der Waals surface area contributed by atoms with Gasteiger partial charge in [-0.1, -0.05) is 17.7 Å². The van der Waals surface area contributed by atoms with E-state index in [9.17, 15) is 13.9 Å². The molecule has 28 heavy (non-hydrogen) atoms. The average Bonchev–Trinajstić information content (AvgIpc) is 3.08. The Morgan fingerprint density at radius 1 is 1.07 bits per heavy atom. The predicted molar refractivity (Wildman–Crippen MR) is 102 cm³/mol. The van der Waals surface area contributed by atoms with Crippen LogP contribution in [0, 0.1) is 11.6 Å². The van der Waals surface area contributed by atoms with Crippen molar-refractivity contribution in [2.45, 2.75) is 19.4 Å². The van der Waals surface area contributed by atoms with Gasteiger partial charge in [-0.05, 0) is 38.1 Å². The van der Waals surface area contributed by atoms with Crippen LogP contribution in [0.2, 0.25) is 5.02 Å². The molecule has 0 saturated heterocycles. The summed E-state index contributed by atoms with van der Waals surface area (Å²) in [6.07, 6.45) is 4.56. The molecular formula is C20H15ClF2N4O. The molecule has 8 heteroatoms. The van der Waals surface area contributed by atoms with Gasteiger partial charge in [-0.2, -0.15) is 0 Å². The highest BCUT2D eigenvalue weighted by Crippen LogP contribution is 2.29. The summed E-state index contributed by atoms with van der Waals surface area (Å²) >= 11 is 5.84. The summed E-state index contributed by atoms with van der Waals surface area (Å²) in [6.45, 7) is 3.00. The maximum Gasteiger partial charge on any atom is 0.174 e. The standard InChI is InChI=1S/C20H15ClF2N4O/c1-20(2,28)12-7-9-27-15(10-25-19(27)17(12)23)14-6-8-24-18(26-14)11-4-3-5-13(21)16(11)22/h3-10,28H,1-2H3. The lowest BCUT2D eigenvalue weighted by atomic mass is 9.99. The van der Waals surface area contributed by atoms with Crippen LogP contribution in [0.1, 0.15) is 19.4 Å². The third kappa shape index (κ3) is 3.02. The van der Waals surface area contributed by atoms with E-state index in [2.05, 4.69) is 15.0 Å². The number of nitrogens with zero attached hydrogens (tertiary/aromatic N) is 4. The first-order valence-electron chi connectivity index (χ1n) is 8.43. The van der Waals surface area contributed by atoms with E-state index >= 15 is 0 Å². The number of rotatable bonds is 3. The van der Waals surface area contributed by atoms with Gasteiger partial charge < -0.3 is 5.11 Å². The molecule has 3 aromatic heterocycles. The summed E-state index contributed by atoms with van der Waals surface area (Å²) in [5.41, 5.74) is -0.0390. The molecule has 0 unspecified atom stereocenters. The molecule has 0 fully saturated rings. The first kappa shape index (κ1) is 18.5. The molecule has 1 aromatic carbocycles. The van der Waals surface area contributed by atoms with Gasteiger partial charge >= 0.3 is 0 Å². The summed E-state index contributed by atoms with van der Waals surface area (Å²) in [4.78, 5) is 12.6. The number of imidazole rings is 1. The van der Waals surface area contributed by atoms with Crippen molar-refractivity contribution in [2.75, 3.05) is 0 Å². The Kier molecular flexibility index (Phi) is 4.36. The number of hydrogen-bond acceptors (Lipinski definition) is 4. The van der Waals surface area contributed by atoms with Gasteiger partial charge in [0.25, 0.3) is 0 Å². The second-order valence-corrected chi connectivity index (χ2v) is 7.21. The Balaban J connectivity index is 1.86. The average molecular weight is 401 g/mol. The first-order valence-corrected chi connectivity index (χ1v) is 8.81. The van der Waals surface area contributed by atoms with Gasteiger partial charge in [0, 0.05) is 18.0 Å². The van der Waals surface area contributed by atoms with Crippen molar-refractivity contribution in [1.82, 2.24) is 19.4 Å². The smallest absolute Gasteiger partial charge is 0.174 e. The molecule has 0 radical (unpaired) electrons. The number of pyridine rings is 1. The van der Waals surface area contributed by atoms with E-state index in [1.54, 1.807) is 18.3 Å². The van der Waals surface area contributed by atoms with Crippen molar-refractivity contribution in [1.29, 1.82) is 0 Å². The second kappa shape index (κ2) is 6.61. The first-order chi connectivity index (χ1) is 13.3. The van der Waals surface area contributed by atoms with E-state index in [-0.39, 0.29) is 27.6 Å². The van der Waals surface area contributed by atoms with E-state index in [0.29, 0.717) is 11.4 Å². The third-order valence-electron chi connectivity index (χ3n) is 4.39. The summed E-state index contributed by atoms with van der Waals surface area (Å²) in [5, 5.41) is 10.1. The molecule has 1 N–H and O–H groups in total. The molecule has 4 aromatic rings. The van der Waals surface area contributed by atoms with Crippen molar-refractivity contribution in [3.63, 3.8) is 0 Å². The highest BCUT2D eigenvalue weighted by molar-refractivity contribution is 6.31. The molecule has 3 heterocycles. The number of aliphatic hydroxyl groups is 1. The Morgan fingerprint density at radius 2 is 1.86 bits per heavy atom. The molecule has 0 saturated carbocycles. The zero-order chi connectivity index (χ0) is 20.1. The summed E-state index contributed by atoms with van der Waals surface area (Å²) in [7, 11) is 0. The van der Waals surface area contributed by atoms with Crippen LogP contribution in [-0.4, -0.2) is 24.5 Å². The monoisotopic (exact) mass is 400 g/mol. The number of hydrogen-bond donors (Lipinski definition) is 1. The van der Waals surface area contributed by atoms with Gasteiger partial charge in [-0.15, -0.1) is 0 Å². The zero-order valence-electron chi connectivity index (χ0n) is 15.0. The molecular weight excluding hydrogens is 386 g/mol. The summed E-state index contributed by atoms with van der Waals surface area (Å²) < 4.78 is 30.6. The summed E-state index contributed by atoms with van der Waals surface area (Å²) in [6, 6.07) is 7.70. The molecule has 0 bridgehead atoms. The third-order valence-corrected chi connectivity index (χ3v) is 4.68. The lowest BCUT2D eigenvalue weighted by Crippen LogP contribution is -2.18. The zero-order valence-corrected chi connectivity index (χ0v) is 15.7. The van der Waals surface area contributed by atoms with Crippen LogP contribution in [0.3, 0.4) is 0 Å². The second-order valence-electron chi connectivity index (χ2n) is 6.81. The molecule has 0 aliphatic heterocycles. The van der Waals surface area contributed by atoms with Crippen LogP contribution in [0.5, 0.6) is 0 Å². The minimum absolute atomic E-state index is 0.0254. The van der Waals surface area contributed by atoms with Crippen molar-refractivity contribution in [3.8, 4) is 22.8 Å². The highest BCUT2D eigenvalue weighted by Gasteiger charge is 2.24. The Labute approximate surface area is 164 Å². The maximum atomic E-state index is 14.8. The Morgan fingerprint density at radius 3 is 2.61 bits per heavy atom. The van der Waals surface area contributed by atoms with Crippen LogP contribution in [0.15, 0.2) is 48.9 Å². The van der Waals surface area contributed by atoms with E-state index in [1.165, 1.54) is 48.8 Å². The van der Waals surface area contributed by atoms with Crippen molar-refractivity contribution >= 4 is 17.2 Å². The fraction of sp³-hybridized carbons (Fsp3) is 0.150. The van der Waals surface area contributed by atoms with Crippen LogP contribution in [-0.2, 0) is 5.60 Å². The number of benzene rings is 1. The predicted octanol–water partition coefficient (Wildman–Crippen LogP) is 4.62. The molecule has 142 valence electrons. The number of fused-ring (bicyclic) bond motifs is 1. The Bertz CT molecular complexity index is 1200. The molecule has 0 aliphatic carbocycles. The van der Waals surface area contributed by atoms with Gasteiger partial charge in [-0.3, -0.25) is 4.40 Å². The van der Waals surface area contributed by atoms with E-state index in [1.807, 2.05) is 0 Å². The maximum absolute atomic E-state index is 14.8. The van der Waals surface area contributed by atoms with Crippen LogP contribution >= 0.6 is 11.6 Å². The lowest BCUT2D eigenvalue weighted by molar-refractivity contribution is 0.0746. The molecule has 0 spiro atoms. The van der Waals surface area contributed by atoms with E-state index in [4.69, 9.17) is 11.6 Å². The van der Waals surface area contributed by atoms with Crippen molar-refractivity contribution < 1.29 is 13.9 Å². The highest BCUT2D eigenvalue weighted by atomic mass is 35.5. The summed E-state index contributed by atoms with van der Waals surface area (Å²) in [5.74, 6) is -1.07. The minimum atomic E-state index is -1.34. The SMILES string of the molecule is CC(C)(O)c1ccn2c(-c3ccnc(-c4cccc(Cl)c4F)n3)cnc2c1F. The van der Waals surface area contributed by atoms with Gasteiger partial charge in [0.1, 0.15) is 0 Å². The molecule has 5 nitrogen and oxygen atoms in total. The molecule has 0 aliphatic rings. The fourth-order valence-corrected chi connectivity index (χ4v) is 3.16. The topological polar surface area (TPSA) is 63.3 Å². The van der Waals surface area contributed by atoms with Gasteiger partial charge in [0.05, 0.1) is 33.8 Å². The van der Waals surface area contributed by atoms with Crippen LogP contribution in [0.25, 0.3) is 28.4 Å². The van der Waals surface area contributed by atoms with Gasteiger partial charge in [-0.25, -0.2) is 23.7 Å². The Hall–Kier alpha value is -2.90. The van der Waals surface area contributed by atoms with Crippen LogP contribution in [0.4, 0.5) is 8.78 Å². The molecule has 0 amide bonds. The van der Waals surface area contributed by atoms with Crippen molar-refractivity contribution in [2.24, 2.45) is 0 Å². The molecule has 0 atom stereocenters. The van der Waals surface area contributed by atoms with E-state index in [0.717, 1.165) is 0 Å². The largest absolute Gasteiger partial charge is 0.386 e.